The Balaban J connectivity index is 1.99. The number of benzene rings is 2. The summed E-state index contributed by atoms with van der Waals surface area (Å²) >= 11 is 0. The summed E-state index contributed by atoms with van der Waals surface area (Å²) < 4.78 is 49.0. The van der Waals surface area contributed by atoms with Gasteiger partial charge in [-0.3, -0.25) is 0 Å². The average molecular weight is 365 g/mol. The molecule has 126 valence electrons. The predicted octanol–water partition coefficient (Wildman–Crippen LogP) is 0.727. The van der Waals surface area contributed by atoms with Crippen LogP contribution >= 0.6 is 0 Å². The van der Waals surface area contributed by atoms with E-state index in [1.54, 1.807) is 12.1 Å². The molecule has 24 heavy (non-hydrogen) atoms. The third kappa shape index (κ3) is 4.62. The Kier molecular flexibility index (Phi) is 5.36. The van der Waals surface area contributed by atoms with E-state index >= 15 is 0 Å². The standard InChI is InChI=1S/C15H15N3O4S2/c16-11-13-3-7-15(8-4-13)24(21,22)18-10-9-12-1-5-14(6-2-12)23(17,19)20/h1-8,18H,9-10H2,(H2,17,19,20). The van der Waals surface area contributed by atoms with Crippen LogP contribution in [0.25, 0.3) is 0 Å². The van der Waals surface area contributed by atoms with Gasteiger partial charge in [0.05, 0.1) is 21.4 Å². The van der Waals surface area contributed by atoms with Crippen LogP contribution in [0.3, 0.4) is 0 Å². The molecule has 0 heterocycles. The Labute approximate surface area is 140 Å². The number of hydrogen-bond donors (Lipinski definition) is 2. The van der Waals surface area contributed by atoms with Gasteiger partial charge in [0.2, 0.25) is 20.0 Å². The fourth-order valence-corrected chi connectivity index (χ4v) is 3.51. The Morgan fingerprint density at radius 3 is 1.96 bits per heavy atom. The quantitative estimate of drug-likeness (QED) is 0.779. The van der Waals surface area contributed by atoms with Crippen molar-refractivity contribution in [2.45, 2.75) is 16.2 Å². The summed E-state index contributed by atoms with van der Waals surface area (Å²) in [6, 6.07) is 13.4. The van der Waals surface area contributed by atoms with Gasteiger partial charge in [0.1, 0.15) is 0 Å². The van der Waals surface area contributed by atoms with Crippen LogP contribution < -0.4 is 9.86 Å². The summed E-state index contributed by atoms with van der Waals surface area (Å²) in [7, 11) is -7.40. The zero-order valence-electron chi connectivity index (χ0n) is 12.5. The molecular formula is C15H15N3O4S2. The zero-order valence-corrected chi connectivity index (χ0v) is 14.1. The molecule has 0 atom stereocenters. The van der Waals surface area contributed by atoms with Crippen LogP contribution in [0.4, 0.5) is 0 Å². The van der Waals surface area contributed by atoms with Crippen molar-refractivity contribution in [2.24, 2.45) is 5.14 Å². The van der Waals surface area contributed by atoms with Crippen LogP contribution in [0.2, 0.25) is 0 Å². The van der Waals surface area contributed by atoms with Crippen LogP contribution in [0.15, 0.2) is 58.3 Å². The average Bonchev–Trinajstić information content (AvgIpc) is 2.54. The highest BCUT2D eigenvalue weighted by atomic mass is 32.2. The highest BCUT2D eigenvalue weighted by Gasteiger charge is 2.13. The number of sulfonamides is 2. The smallest absolute Gasteiger partial charge is 0.225 e. The lowest BCUT2D eigenvalue weighted by Crippen LogP contribution is -2.26. The lowest BCUT2D eigenvalue weighted by atomic mass is 10.2. The van der Waals surface area contributed by atoms with E-state index in [0.717, 1.165) is 5.56 Å². The molecule has 0 bridgehead atoms. The van der Waals surface area contributed by atoms with Crippen molar-refractivity contribution in [1.82, 2.24) is 4.72 Å². The van der Waals surface area contributed by atoms with E-state index in [0.29, 0.717) is 12.0 Å². The molecule has 0 aliphatic rings. The first kappa shape index (κ1) is 18.1. The van der Waals surface area contributed by atoms with Crippen molar-refractivity contribution in [3.63, 3.8) is 0 Å². The highest BCUT2D eigenvalue weighted by molar-refractivity contribution is 7.89. The monoisotopic (exact) mass is 365 g/mol. The van der Waals surface area contributed by atoms with Gasteiger partial charge in [-0.15, -0.1) is 0 Å². The molecule has 9 heteroatoms. The van der Waals surface area contributed by atoms with E-state index in [1.165, 1.54) is 36.4 Å². The molecule has 0 aliphatic carbocycles. The Morgan fingerprint density at radius 1 is 0.917 bits per heavy atom. The Morgan fingerprint density at radius 2 is 1.46 bits per heavy atom. The largest absolute Gasteiger partial charge is 0.240 e. The molecular weight excluding hydrogens is 350 g/mol. The van der Waals surface area contributed by atoms with Crippen molar-refractivity contribution in [1.29, 1.82) is 5.26 Å². The number of primary sulfonamides is 1. The van der Waals surface area contributed by atoms with Crippen LogP contribution in [0.5, 0.6) is 0 Å². The van der Waals surface area contributed by atoms with Crippen LogP contribution in [0, 0.1) is 11.3 Å². The molecule has 7 nitrogen and oxygen atoms in total. The molecule has 3 N–H and O–H groups in total. The number of hydrogen-bond acceptors (Lipinski definition) is 5. The minimum atomic E-state index is -3.74. The molecule has 0 saturated heterocycles. The summed E-state index contributed by atoms with van der Waals surface area (Å²) in [5.41, 5.74) is 1.15. The van der Waals surface area contributed by atoms with Gasteiger partial charge >= 0.3 is 0 Å². The molecule has 0 radical (unpaired) electrons. The zero-order chi connectivity index (χ0) is 17.8. The van der Waals surface area contributed by atoms with Gasteiger partial charge in [0, 0.05) is 6.54 Å². The van der Waals surface area contributed by atoms with Crippen molar-refractivity contribution >= 4 is 20.0 Å². The van der Waals surface area contributed by atoms with E-state index in [9.17, 15) is 16.8 Å². The topological polar surface area (TPSA) is 130 Å². The first-order valence-corrected chi connectivity index (χ1v) is 9.87. The second-order valence-corrected chi connectivity index (χ2v) is 8.30. The normalized spacial score (nSPS) is 11.8. The van der Waals surface area contributed by atoms with Crippen molar-refractivity contribution in [3.05, 3.63) is 59.7 Å². The first-order valence-electron chi connectivity index (χ1n) is 6.84. The van der Waals surface area contributed by atoms with Gasteiger partial charge in [-0.25, -0.2) is 26.7 Å². The molecule has 0 fully saturated rings. The molecule has 0 amide bonds. The molecule has 2 aromatic carbocycles. The summed E-state index contributed by atoms with van der Waals surface area (Å²) in [6.45, 7) is 0.150. The molecule has 0 spiro atoms. The second kappa shape index (κ2) is 7.11. The fourth-order valence-electron chi connectivity index (χ4n) is 1.97. The Bertz CT molecular complexity index is 959. The third-order valence-corrected chi connectivity index (χ3v) is 5.66. The van der Waals surface area contributed by atoms with Gasteiger partial charge in [0.15, 0.2) is 0 Å². The van der Waals surface area contributed by atoms with Gasteiger partial charge in [-0.1, -0.05) is 12.1 Å². The van der Waals surface area contributed by atoms with Crippen molar-refractivity contribution in [2.75, 3.05) is 6.54 Å². The van der Waals surface area contributed by atoms with Crippen LogP contribution in [-0.4, -0.2) is 23.4 Å². The lowest BCUT2D eigenvalue weighted by Gasteiger charge is -2.07. The van der Waals surface area contributed by atoms with Gasteiger partial charge in [-0.2, -0.15) is 5.26 Å². The van der Waals surface area contributed by atoms with E-state index in [4.69, 9.17) is 10.4 Å². The Hall–Kier alpha value is -2.25. The maximum absolute atomic E-state index is 12.1. The summed E-state index contributed by atoms with van der Waals surface area (Å²) in [6.07, 6.45) is 0.389. The number of nitrogens with one attached hydrogen (secondary N) is 1. The molecule has 0 saturated carbocycles. The van der Waals surface area contributed by atoms with E-state index in [2.05, 4.69) is 4.72 Å². The summed E-state index contributed by atoms with van der Waals surface area (Å²) in [5, 5.41) is 13.7. The van der Waals surface area contributed by atoms with Crippen LogP contribution in [-0.2, 0) is 26.5 Å². The minimum absolute atomic E-state index is 0.00409. The summed E-state index contributed by atoms with van der Waals surface area (Å²) in [5.74, 6) is 0. The fraction of sp³-hybridized carbons (Fsp3) is 0.133. The maximum Gasteiger partial charge on any atom is 0.240 e. The van der Waals surface area contributed by atoms with E-state index < -0.39 is 20.0 Å². The van der Waals surface area contributed by atoms with Crippen LogP contribution in [0.1, 0.15) is 11.1 Å². The molecule has 2 aromatic rings. The molecule has 0 aliphatic heterocycles. The first-order chi connectivity index (χ1) is 11.2. The van der Waals surface area contributed by atoms with Crippen molar-refractivity contribution in [3.8, 4) is 6.07 Å². The highest BCUT2D eigenvalue weighted by Crippen LogP contribution is 2.11. The molecule has 2 rings (SSSR count). The number of rotatable bonds is 6. The van der Waals surface area contributed by atoms with E-state index in [-0.39, 0.29) is 16.3 Å². The maximum atomic E-state index is 12.1. The number of nitrogens with two attached hydrogens (primary N) is 1. The summed E-state index contributed by atoms with van der Waals surface area (Å²) in [4.78, 5) is 0.0792. The molecule has 0 aromatic heterocycles. The SMILES string of the molecule is N#Cc1ccc(S(=O)(=O)NCCc2ccc(S(N)(=O)=O)cc2)cc1. The van der Waals surface area contributed by atoms with E-state index in [1.807, 2.05) is 6.07 Å². The lowest BCUT2D eigenvalue weighted by molar-refractivity contribution is 0.581. The number of nitriles is 1. The molecule has 0 unspecified atom stereocenters. The van der Waals surface area contributed by atoms with Gasteiger partial charge in [-0.05, 0) is 48.4 Å². The third-order valence-electron chi connectivity index (χ3n) is 3.25. The van der Waals surface area contributed by atoms with Gasteiger partial charge < -0.3 is 0 Å². The second-order valence-electron chi connectivity index (χ2n) is 4.97. The minimum Gasteiger partial charge on any atom is -0.225 e. The predicted molar refractivity (Wildman–Crippen MR) is 87.9 cm³/mol. The number of nitrogens with zero attached hydrogens (tertiary/aromatic N) is 1. The van der Waals surface area contributed by atoms with Crippen molar-refractivity contribution < 1.29 is 16.8 Å². The van der Waals surface area contributed by atoms with Gasteiger partial charge in [0.25, 0.3) is 0 Å².